The van der Waals surface area contributed by atoms with Crippen LogP contribution in [-0.4, -0.2) is 23.6 Å². The molecule has 0 radical (unpaired) electrons. The Hall–Kier alpha value is -1.62. The van der Waals surface area contributed by atoms with Gasteiger partial charge >= 0.3 is 14.1 Å². The van der Waals surface area contributed by atoms with Crippen molar-refractivity contribution in [2.24, 2.45) is 0 Å². The molecule has 0 spiro atoms. The molecule has 0 aromatic heterocycles. The number of halogens is 1. The van der Waals surface area contributed by atoms with Crippen molar-refractivity contribution < 1.29 is 27.9 Å². The molecule has 7 heteroatoms. The number of ether oxygens (including phenoxy) is 1. The van der Waals surface area contributed by atoms with E-state index in [-0.39, 0.29) is 10.8 Å². The zero-order valence-corrected chi connectivity index (χ0v) is 18.1. The van der Waals surface area contributed by atoms with Crippen molar-refractivity contribution in [3.05, 3.63) is 34.9 Å². The zero-order valence-electron chi connectivity index (χ0n) is 17.2. The summed E-state index contributed by atoms with van der Waals surface area (Å²) in [5.74, 6) is -3.37. The fourth-order valence-electron chi connectivity index (χ4n) is 2.50. The summed E-state index contributed by atoms with van der Waals surface area (Å²) in [6, 6.07) is 3.97. The molecule has 1 rings (SSSR count). The lowest BCUT2D eigenvalue weighted by molar-refractivity contribution is -0.143. The fourth-order valence-corrected chi connectivity index (χ4v) is 2.88. The highest BCUT2D eigenvalue weighted by Gasteiger charge is 2.42. The number of benzene rings is 1. The van der Waals surface area contributed by atoms with Gasteiger partial charge in [0, 0.05) is 22.6 Å². The van der Waals surface area contributed by atoms with Crippen molar-refractivity contribution >= 4 is 20.1 Å². The van der Waals surface area contributed by atoms with E-state index in [1.54, 1.807) is 7.11 Å². The molecule has 1 N–H and O–H groups in total. The van der Waals surface area contributed by atoms with Crippen LogP contribution in [0.4, 0.5) is 4.39 Å². The van der Waals surface area contributed by atoms with E-state index in [2.05, 4.69) is 52.1 Å². The predicted molar refractivity (Wildman–Crippen MR) is 105 cm³/mol. The summed E-state index contributed by atoms with van der Waals surface area (Å²) < 4.78 is 34.6. The first-order valence-electron chi connectivity index (χ1n) is 8.59. The van der Waals surface area contributed by atoms with Crippen molar-refractivity contribution in [3.63, 3.8) is 0 Å². The third-order valence-corrected chi connectivity index (χ3v) is 4.60. The van der Waals surface area contributed by atoms with Gasteiger partial charge in [-0.2, -0.15) is 4.39 Å². The van der Waals surface area contributed by atoms with Crippen LogP contribution in [0.2, 0.25) is 0 Å². The average Bonchev–Trinajstić information content (AvgIpc) is 2.48. The number of alkyl halides is 1. The summed E-state index contributed by atoms with van der Waals surface area (Å²) in [6.45, 7) is 13.2. The van der Waals surface area contributed by atoms with Gasteiger partial charge in [0.2, 0.25) is 5.78 Å². The Balaban J connectivity index is 3.49. The lowest BCUT2D eigenvalue weighted by atomic mass is 9.79. The predicted octanol–water partition coefficient (Wildman–Crippen LogP) is 5.22. The molecule has 0 saturated heterocycles. The first kappa shape index (κ1) is 23.4. The summed E-state index contributed by atoms with van der Waals surface area (Å²) >= 11 is 0. The third-order valence-electron chi connectivity index (χ3n) is 4.10. The molecule has 5 nitrogen and oxygen atoms in total. The van der Waals surface area contributed by atoms with Crippen LogP contribution in [0.15, 0.2) is 18.2 Å². The van der Waals surface area contributed by atoms with Gasteiger partial charge in [-0.3, -0.25) is 4.79 Å². The van der Waals surface area contributed by atoms with E-state index in [1.807, 2.05) is 6.07 Å². The Kier molecular flexibility index (Phi) is 7.09. The van der Waals surface area contributed by atoms with Crippen LogP contribution >= 0.6 is 8.25 Å². The molecule has 0 amide bonds. The van der Waals surface area contributed by atoms with Crippen LogP contribution in [0.25, 0.3) is 6.08 Å². The molecule has 2 unspecified atom stereocenters. The Morgan fingerprint density at radius 1 is 1.11 bits per heavy atom. The van der Waals surface area contributed by atoms with Crippen LogP contribution in [0.1, 0.15) is 65.2 Å². The SMILES string of the molecule is COc1c(/C=C/C(=O)C(C)(F)O[P+](=O)O)cc(C(C)(C)C)cc1C(C)(C)C. The molecule has 0 bridgehead atoms. The van der Waals surface area contributed by atoms with Crippen molar-refractivity contribution in [1.29, 1.82) is 0 Å². The highest BCUT2D eigenvalue weighted by atomic mass is 31.1. The molecule has 0 aliphatic rings. The summed E-state index contributed by atoms with van der Waals surface area (Å²) in [4.78, 5) is 20.8. The van der Waals surface area contributed by atoms with Crippen LogP contribution in [-0.2, 0) is 24.7 Å². The van der Waals surface area contributed by atoms with Gasteiger partial charge in [0.25, 0.3) is 0 Å². The minimum Gasteiger partial charge on any atom is -0.496 e. The van der Waals surface area contributed by atoms with Crippen molar-refractivity contribution in [3.8, 4) is 5.75 Å². The Labute approximate surface area is 161 Å². The number of hydrogen-bond acceptors (Lipinski definition) is 4. The number of carbonyl (C=O) groups excluding carboxylic acids is 1. The van der Waals surface area contributed by atoms with E-state index >= 15 is 0 Å². The molecule has 150 valence electrons. The molecule has 0 fully saturated rings. The third kappa shape index (κ3) is 6.20. The molecule has 0 aliphatic carbocycles. The maximum Gasteiger partial charge on any atom is 0.698 e. The molecule has 0 heterocycles. The van der Waals surface area contributed by atoms with Gasteiger partial charge in [-0.05, 0) is 34.6 Å². The number of methoxy groups -OCH3 is 1. The normalized spacial score (nSPS) is 15.6. The van der Waals surface area contributed by atoms with Gasteiger partial charge in [0.15, 0.2) is 0 Å². The second kappa shape index (κ2) is 8.17. The van der Waals surface area contributed by atoms with E-state index in [1.165, 1.54) is 6.08 Å². The molecule has 27 heavy (non-hydrogen) atoms. The van der Waals surface area contributed by atoms with E-state index in [9.17, 15) is 13.8 Å². The zero-order chi connectivity index (χ0) is 21.2. The summed E-state index contributed by atoms with van der Waals surface area (Å²) in [7, 11) is -1.70. The topological polar surface area (TPSA) is 72.8 Å². The van der Waals surface area contributed by atoms with Crippen LogP contribution in [0.3, 0.4) is 0 Å². The second-order valence-electron chi connectivity index (χ2n) is 8.59. The Bertz CT molecular complexity index is 755. The summed E-state index contributed by atoms with van der Waals surface area (Å²) in [6.07, 6.45) is 2.44. The standard InChI is InChI=1S/C20H28FO5P/c1-18(2,3)14-11-13(17(25-8)15(12-14)19(4,5)6)9-10-16(22)20(7,21)26-27(23)24/h9-12H,1-8H3/p+1/b10-9+. The van der Waals surface area contributed by atoms with Gasteiger partial charge in [0.1, 0.15) is 5.75 Å². The number of ketones is 1. The van der Waals surface area contributed by atoms with E-state index in [0.717, 1.165) is 24.1 Å². The quantitative estimate of drug-likeness (QED) is 0.524. The largest absolute Gasteiger partial charge is 0.698 e. The van der Waals surface area contributed by atoms with E-state index in [4.69, 9.17) is 9.63 Å². The lowest BCUT2D eigenvalue weighted by Crippen LogP contribution is -2.29. The maximum absolute atomic E-state index is 14.2. The molecule has 0 aliphatic heterocycles. The summed E-state index contributed by atoms with van der Waals surface area (Å²) in [5.41, 5.74) is 2.26. The van der Waals surface area contributed by atoms with Crippen LogP contribution in [0.5, 0.6) is 5.75 Å². The van der Waals surface area contributed by atoms with Gasteiger partial charge in [-0.25, -0.2) is 0 Å². The first-order chi connectivity index (χ1) is 12.1. The van der Waals surface area contributed by atoms with Crippen LogP contribution < -0.4 is 4.74 Å². The highest BCUT2D eigenvalue weighted by molar-refractivity contribution is 7.32. The first-order valence-corrected chi connectivity index (χ1v) is 9.72. The smallest absolute Gasteiger partial charge is 0.496 e. The number of hydrogen-bond donors (Lipinski definition) is 1. The van der Waals surface area contributed by atoms with Gasteiger partial charge in [0.05, 0.1) is 7.11 Å². The molecule has 1 aromatic rings. The minimum absolute atomic E-state index is 0.147. The molecular formula is C20H29FO5P+. The minimum atomic E-state index is -3.24. The van der Waals surface area contributed by atoms with E-state index < -0.39 is 19.9 Å². The lowest BCUT2D eigenvalue weighted by Gasteiger charge is -2.28. The second-order valence-corrected chi connectivity index (χ2v) is 9.25. The van der Waals surface area contributed by atoms with Gasteiger partial charge in [-0.15, -0.1) is 4.89 Å². The average molecular weight is 399 g/mol. The molecular weight excluding hydrogens is 370 g/mol. The molecule has 1 aromatic carbocycles. The Morgan fingerprint density at radius 2 is 1.67 bits per heavy atom. The molecule has 0 saturated carbocycles. The van der Waals surface area contributed by atoms with Crippen LogP contribution in [0, 0.1) is 0 Å². The molecule has 2 atom stereocenters. The van der Waals surface area contributed by atoms with Gasteiger partial charge in [-0.1, -0.05) is 52.1 Å². The Morgan fingerprint density at radius 3 is 2.07 bits per heavy atom. The van der Waals surface area contributed by atoms with Crippen molar-refractivity contribution in [2.45, 2.75) is 65.2 Å². The fraction of sp³-hybridized carbons (Fsp3) is 0.550. The van der Waals surface area contributed by atoms with Crippen molar-refractivity contribution in [2.75, 3.05) is 7.11 Å². The maximum atomic E-state index is 14.2. The van der Waals surface area contributed by atoms with Crippen molar-refractivity contribution in [1.82, 2.24) is 0 Å². The van der Waals surface area contributed by atoms with E-state index in [0.29, 0.717) is 11.3 Å². The monoisotopic (exact) mass is 399 g/mol. The highest BCUT2D eigenvalue weighted by Crippen LogP contribution is 2.39. The number of carbonyl (C=O) groups is 1. The number of rotatable bonds is 6. The van der Waals surface area contributed by atoms with Gasteiger partial charge < -0.3 is 4.74 Å². The summed E-state index contributed by atoms with van der Waals surface area (Å²) in [5, 5.41) is 0.